The minimum atomic E-state index is -0.503. The molecule has 1 aliphatic heterocycles. The first kappa shape index (κ1) is 12.1. The minimum absolute atomic E-state index is 0.245. The Morgan fingerprint density at radius 3 is 2.81 bits per heavy atom. The quantitative estimate of drug-likeness (QED) is 0.307. The van der Waals surface area contributed by atoms with E-state index in [-0.39, 0.29) is 5.70 Å². The Kier molecular flexibility index (Phi) is 4.38. The van der Waals surface area contributed by atoms with E-state index in [1.54, 1.807) is 11.1 Å². The molecule has 1 heterocycles. The van der Waals surface area contributed by atoms with Gasteiger partial charge in [0.05, 0.1) is 14.2 Å². The van der Waals surface area contributed by atoms with Crippen LogP contribution >= 0.6 is 0 Å². The number of hydrogen-bond donors (Lipinski definition) is 0. The molecule has 0 radical (unpaired) electrons. The molecule has 0 bridgehead atoms. The SMILES string of the molecule is COC=C(C(=O)OC)N1C=CCC1=NOC. The number of ether oxygens (including phenoxy) is 2. The van der Waals surface area contributed by atoms with E-state index in [0.717, 1.165) is 0 Å². The number of rotatable bonds is 4. The molecular weight excluding hydrogens is 212 g/mol. The second kappa shape index (κ2) is 5.79. The standard InChI is InChI=1S/C10H14N2O4/c1-14-7-8(10(13)15-2)12-6-4-5-9(12)11-16-3/h4,6-7H,5H2,1-3H3. The van der Waals surface area contributed by atoms with E-state index < -0.39 is 5.97 Å². The highest BCUT2D eigenvalue weighted by Crippen LogP contribution is 2.17. The molecule has 16 heavy (non-hydrogen) atoms. The van der Waals surface area contributed by atoms with Gasteiger partial charge < -0.3 is 14.3 Å². The summed E-state index contributed by atoms with van der Waals surface area (Å²) in [5, 5.41) is 3.80. The maximum atomic E-state index is 11.5. The topological polar surface area (TPSA) is 60.4 Å². The lowest BCUT2D eigenvalue weighted by molar-refractivity contribution is -0.137. The maximum Gasteiger partial charge on any atom is 0.358 e. The van der Waals surface area contributed by atoms with E-state index in [2.05, 4.69) is 14.7 Å². The largest absolute Gasteiger partial charge is 0.502 e. The van der Waals surface area contributed by atoms with E-state index in [1.807, 2.05) is 6.08 Å². The van der Waals surface area contributed by atoms with Gasteiger partial charge in [-0.25, -0.2) is 4.79 Å². The summed E-state index contributed by atoms with van der Waals surface area (Å²) < 4.78 is 9.48. The third-order valence-electron chi connectivity index (χ3n) is 1.91. The fraction of sp³-hybridized carbons (Fsp3) is 0.400. The van der Waals surface area contributed by atoms with Crippen LogP contribution in [-0.2, 0) is 19.1 Å². The van der Waals surface area contributed by atoms with Crippen LogP contribution < -0.4 is 0 Å². The smallest absolute Gasteiger partial charge is 0.358 e. The molecule has 0 atom stereocenters. The molecule has 88 valence electrons. The number of methoxy groups -OCH3 is 2. The van der Waals surface area contributed by atoms with Crippen molar-refractivity contribution >= 4 is 11.8 Å². The van der Waals surface area contributed by atoms with Crippen LogP contribution in [0.3, 0.4) is 0 Å². The van der Waals surface area contributed by atoms with Crippen LogP contribution in [0.25, 0.3) is 0 Å². The van der Waals surface area contributed by atoms with Crippen molar-refractivity contribution in [3.05, 3.63) is 24.2 Å². The van der Waals surface area contributed by atoms with Crippen molar-refractivity contribution in [1.82, 2.24) is 4.90 Å². The van der Waals surface area contributed by atoms with Gasteiger partial charge in [0.1, 0.15) is 13.4 Å². The molecule has 0 aromatic rings. The molecule has 0 unspecified atom stereocenters. The summed E-state index contributed by atoms with van der Waals surface area (Å²) in [7, 11) is 4.20. The summed E-state index contributed by atoms with van der Waals surface area (Å²) in [5.41, 5.74) is 0.245. The van der Waals surface area contributed by atoms with Crippen LogP contribution in [0.2, 0.25) is 0 Å². The zero-order valence-electron chi connectivity index (χ0n) is 9.47. The number of esters is 1. The van der Waals surface area contributed by atoms with E-state index >= 15 is 0 Å². The van der Waals surface area contributed by atoms with Crippen LogP contribution in [0.4, 0.5) is 0 Å². The van der Waals surface area contributed by atoms with Crippen LogP contribution in [0, 0.1) is 0 Å². The zero-order valence-corrected chi connectivity index (χ0v) is 9.47. The molecule has 1 rings (SSSR count). The summed E-state index contributed by atoms with van der Waals surface area (Å²) >= 11 is 0. The predicted molar refractivity (Wildman–Crippen MR) is 57.1 cm³/mol. The maximum absolute atomic E-state index is 11.5. The Hall–Kier alpha value is -1.98. The highest BCUT2D eigenvalue weighted by atomic mass is 16.6. The lowest BCUT2D eigenvalue weighted by Crippen LogP contribution is -2.27. The molecule has 0 spiro atoms. The first-order chi connectivity index (χ1) is 7.74. The average molecular weight is 226 g/mol. The van der Waals surface area contributed by atoms with Crippen molar-refractivity contribution in [3.63, 3.8) is 0 Å². The fourth-order valence-corrected chi connectivity index (χ4v) is 1.27. The molecule has 0 fully saturated rings. The number of hydrogen-bond acceptors (Lipinski definition) is 5. The molecule has 6 heteroatoms. The first-order valence-corrected chi connectivity index (χ1v) is 4.61. The van der Waals surface area contributed by atoms with Crippen molar-refractivity contribution in [3.8, 4) is 0 Å². The Morgan fingerprint density at radius 2 is 2.25 bits per heavy atom. The van der Waals surface area contributed by atoms with Gasteiger partial charge >= 0.3 is 5.97 Å². The number of carbonyl (C=O) groups excluding carboxylic acids is 1. The summed E-state index contributed by atoms with van der Waals surface area (Å²) in [4.78, 5) is 17.7. The van der Waals surface area contributed by atoms with Crippen molar-refractivity contribution in [1.29, 1.82) is 0 Å². The monoisotopic (exact) mass is 226 g/mol. The summed E-state index contributed by atoms with van der Waals surface area (Å²) in [5.74, 6) is 0.0911. The zero-order chi connectivity index (χ0) is 12.0. The molecule has 0 saturated heterocycles. The van der Waals surface area contributed by atoms with Gasteiger partial charge in [-0.1, -0.05) is 11.2 Å². The van der Waals surface area contributed by atoms with Crippen molar-refractivity contribution < 1.29 is 19.1 Å². The summed E-state index contributed by atoms with van der Waals surface area (Å²) in [6.45, 7) is 0. The Labute approximate surface area is 93.8 Å². The van der Waals surface area contributed by atoms with Gasteiger partial charge in [-0.2, -0.15) is 0 Å². The molecule has 0 saturated carbocycles. The predicted octanol–water partition coefficient (Wildman–Crippen LogP) is 0.827. The lowest BCUT2D eigenvalue weighted by atomic mass is 10.4. The van der Waals surface area contributed by atoms with Crippen molar-refractivity contribution in [2.45, 2.75) is 6.42 Å². The van der Waals surface area contributed by atoms with Crippen LogP contribution in [0.1, 0.15) is 6.42 Å². The molecule has 0 aromatic carbocycles. The number of oxime groups is 1. The molecule has 1 aliphatic rings. The lowest BCUT2D eigenvalue weighted by Gasteiger charge is -2.17. The second-order valence-electron chi connectivity index (χ2n) is 2.88. The van der Waals surface area contributed by atoms with Gasteiger partial charge in [-0.05, 0) is 0 Å². The summed E-state index contributed by atoms with van der Waals surface area (Å²) in [6.07, 6.45) is 5.45. The van der Waals surface area contributed by atoms with E-state index in [1.165, 1.54) is 27.6 Å². The van der Waals surface area contributed by atoms with E-state index in [9.17, 15) is 4.79 Å². The molecule has 0 aliphatic carbocycles. The number of carbonyl (C=O) groups is 1. The normalized spacial score (nSPS) is 17.8. The Balaban J connectivity index is 2.95. The first-order valence-electron chi connectivity index (χ1n) is 4.61. The third-order valence-corrected chi connectivity index (χ3v) is 1.91. The molecular formula is C10H14N2O4. The molecule has 0 N–H and O–H groups in total. The van der Waals surface area contributed by atoms with Crippen molar-refractivity contribution in [2.24, 2.45) is 5.16 Å². The molecule has 0 amide bonds. The molecule has 6 nitrogen and oxygen atoms in total. The van der Waals surface area contributed by atoms with Gasteiger partial charge in [-0.3, -0.25) is 4.90 Å². The number of amidine groups is 1. The highest BCUT2D eigenvalue weighted by Gasteiger charge is 2.24. The third kappa shape index (κ3) is 2.53. The van der Waals surface area contributed by atoms with Gasteiger partial charge in [0, 0.05) is 12.6 Å². The average Bonchev–Trinajstić information content (AvgIpc) is 2.73. The van der Waals surface area contributed by atoms with Crippen LogP contribution in [-0.4, -0.2) is 38.0 Å². The fourth-order valence-electron chi connectivity index (χ4n) is 1.27. The minimum Gasteiger partial charge on any atom is -0.502 e. The van der Waals surface area contributed by atoms with Crippen LogP contribution in [0.5, 0.6) is 0 Å². The Bertz CT molecular complexity index is 347. The van der Waals surface area contributed by atoms with Gasteiger partial charge in [-0.15, -0.1) is 0 Å². The van der Waals surface area contributed by atoms with Gasteiger partial charge in [0.25, 0.3) is 0 Å². The Morgan fingerprint density at radius 1 is 1.50 bits per heavy atom. The van der Waals surface area contributed by atoms with E-state index in [4.69, 9.17) is 4.74 Å². The molecule has 0 aromatic heterocycles. The van der Waals surface area contributed by atoms with Crippen LogP contribution in [0.15, 0.2) is 29.4 Å². The highest BCUT2D eigenvalue weighted by molar-refractivity contribution is 5.97. The second-order valence-corrected chi connectivity index (χ2v) is 2.88. The number of nitrogens with zero attached hydrogens (tertiary/aromatic N) is 2. The van der Waals surface area contributed by atoms with E-state index in [0.29, 0.717) is 12.3 Å². The van der Waals surface area contributed by atoms with Gasteiger partial charge in [0.2, 0.25) is 0 Å². The van der Waals surface area contributed by atoms with Crippen molar-refractivity contribution in [2.75, 3.05) is 21.3 Å². The van der Waals surface area contributed by atoms with Gasteiger partial charge in [0.15, 0.2) is 11.5 Å². The summed E-state index contributed by atoms with van der Waals surface area (Å²) in [6, 6.07) is 0.